The fourth-order valence-corrected chi connectivity index (χ4v) is 4.28. The van der Waals surface area contributed by atoms with Crippen LogP contribution in [0.3, 0.4) is 0 Å². The standard InChI is InChI=1S/C24H19BrN2O3S/c1-3-15-5-7-16(8-6-15)27-23(29)19(22(28)26-24(27)31)13-17-9-11-21(30-17)18-10-4-14(2)12-20(18)25/h4-13H,3H2,1-2H3,(H,26,28,31)/b19-13+. The van der Waals surface area contributed by atoms with E-state index in [4.69, 9.17) is 16.6 Å². The average Bonchev–Trinajstić information content (AvgIpc) is 3.20. The highest BCUT2D eigenvalue weighted by Gasteiger charge is 2.34. The fourth-order valence-electron chi connectivity index (χ4n) is 3.31. The lowest BCUT2D eigenvalue weighted by Crippen LogP contribution is -2.54. The molecular formula is C24H19BrN2O3S. The summed E-state index contributed by atoms with van der Waals surface area (Å²) in [6.07, 6.45) is 2.33. The van der Waals surface area contributed by atoms with Gasteiger partial charge < -0.3 is 4.42 Å². The Morgan fingerprint density at radius 1 is 1.10 bits per heavy atom. The summed E-state index contributed by atoms with van der Waals surface area (Å²) in [6.45, 7) is 4.06. The van der Waals surface area contributed by atoms with Gasteiger partial charge in [-0.05, 0) is 79.2 Å². The first kappa shape index (κ1) is 21.2. The van der Waals surface area contributed by atoms with Gasteiger partial charge in [-0.3, -0.25) is 19.8 Å². The Labute approximate surface area is 193 Å². The van der Waals surface area contributed by atoms with Gasteiger partial charge >= 0.3 is 0 Å². The summed E-state index contributed by atoms with van der Waals surface area (Å²) in [5, 5.41) is 2.65. The van der Waals surface area contributed by atoms with E-state index in [2.05, 4.69) is 28.2 Å². The molecule has 1 saturated heterocycles. The van der Waals surface area contributed by atoms with Gasteiger partial charge in [0.2, 0.25) is 0 Å². The number of thiocarbonyl (C=S) groups is 1. The molecule has 0 aliphatic carbocycles. The van der Waals surface area contributed by atoms with Crippen molar-refractivity contribution in [1.82, 2.24) is 5.32 Å². The van der Waals surface area contributed by atoms with E-state index >= 15 is 0 Å². The van der Waals surface area contributed by atoms with Crippen LogP contribution in [0.2, 0.25) is 0 Å². The van der Waals surface area contributed by atoms with Gasteiger partial charge in [0.25, 0.3) is 11.8 Å². The van der Waals surface area contributed by atoms with Crippen LogP contribution in [-0.2, 0) is 16.0 Å². The van der Waals surface area contributed by atoms with Crippen LogP contribution in [0.1, 0.15) is 23.8 Å². The number of hydrogen-bond donors (Lipinski definition) is 1. The first-order valence-corrected chi connectivity index (χ1v) is 10.9. The van der Waals surface area contributed by atoms with Crippen molar-refractivity contribution >= 4 is 56.8 Å². The minimum atomic E-state index is -0.550. The van der Waals surface area contributed by atoms with Crippen LogP contribution in [0.25, 0.3) is 17.4 Å². The van der Waals surface area contributed by atoms with Crippen LogP contribution < -0.4 is 10.2 Å². The molecule has 1 fully saturated rings. The van der Waals surface area contributed by atoms with E-state index in [1.54, 1.807) is 12.1 Å². The molecule has 0 unspecified atom stereocenters. The molecule has 7 heteroatoms. The molecule has 0 spiro atoms. The van der Waals surface area contributed by atoms with Crippen molar-refractivity contribution in [2.75, 3.05) is 4.90 Å². The summed E-state index contributed by atoms with van der Waals surface area (Å²) < 4.78 is 6.80. The SMILES string of the molecule is CCc1ccc(N2C(=O)/C(=C/c3ccc(-c4ccc(C)cc4Br)o3)C(=O)NC2=S)cc1. The maximum Gasteiger partial charge on any atom is 0.270 e. The predicted molar refractivity (Wildman–Crippen MR) is 129 cm³/mol. The molecule has 0 saturated carbocycles. The Kier molecular flexibility index (Phi) is 5.89. The molecule has 2 amide bonds. The van der Waals surface area contributed by atoms with Crippen molar-refractivity contribution in [1.29, 1.82) is 0 Å². The summed E-state index contributed by atoms with van der Waals surface area (Å²) >= 11 is 8.80. The number of amides is 2. The number of rotatable bonds is 4. The van der Waals surface area contributed by atoms with Gasteiger partial charge in [0.1, 0.15) is 17.1 Å². The summed E-state index contributed by atoms with van der Waals surface area (Å²) in [6, 6.07) is 17.0. The number of furan rings is 1. The summed E-state index contributed by atoms with van der Waals surface area (Å²) in [7, 11) is 0. The number of nitrogens with one attached hydrogen (secondary N) is 1. The molecular weight excluding hydrogens is 476 g/mol. The summed E-state index contributed by atoms with van der Waals surface area (Å²) in [5.74, 6) is -0.0154. The first-order chi connectivity index (χ1) is 14.9. The monoisotopic (exact) mass is 494 g/mol. The summed E-state index contributed by atoms with van der Waals surface area (Å²) in [4.78, 5) is 27.0. The largest absolute Gasteiger partial charge is 0.457 e. The van der Waals surface area contributed by atoms with Gasteiger partial charge in [0.05, 0.1) is 5.69 Å². The van der Waals surface area contributed by atoms with Crippen molar-refractivity contribution in [2.24, 2.45) is 0 Å². The number of aryl methyl sites for hydroxylation is 2. The highest BCUT2D eigenvalue weighted by molar-refractivity contribution is 9.10. The first-order valence-electron chi connectivity index (χ1n) is 9.74. The maximum absolute atomic E-state index is 13.1. The van der Waals surface area contributed by atoms with E-state index in [1.807, 2.05) is 49.4 Å². The molecule has 0 bridgehead atoms. The van der Waals surface area contributed by atoms with Crippen molar-refractivity contribution in [2.45, 2.75) is 20.3 Å². The molecule has 156 valence electrons. The lowest BCUT2D eigenvalue weighted by molar-refractivity contribution is -0.122. The Morgan fingerprint density at radius 3 is 2.52 bits per heavy atom. The second kappa shape index (κ2) is 8.61. The number of anilines is 1. The Balaban J connectivity index is 1.66. The zero-order valence-electron chi connectivity index (χ0n) is 16.9. The van der Waals surface area contributed by atoms with Crippen LogP contribution in [-0.4, -0.2) is 16.9 Å². The Bertz CT molecular complexity index is 1230. The van der Waals surface area contributed by atoms with Crippen molar-refractivity contribution in [3.05, 3.63) is 81.5 Å². The molecule has 5 nitrogen and oxygen atoms in total. The van der Waals surface area contributed by atoms with E-state index in [0.717, 1.165) is 27.6 Å². The lowest BCUT2D eigenvalue weighted by atomic mass is 10.1. The molecule has 1 aliphatic heterocycles. The number of hydrogen-bond acceptors (Lipinski definition) is 4. The third kappa shape index (κ3) is 4.24. The number of carbonyl (C=O) groups excluding carboxylic acids is 2. The fraction of sp³-hybridized carbons (Fsp3) is 0.125. The van der Waals surface area contributed by atoms with Gasteiger partial charge in [-0.15, -0.1) is 0 Å². The van der Waals surface area contributed by atoms with Gasteiger partial charge in [-0.1, -0.05) is 41.1 Å². The summed E-state index contributed by atoms with van der Waals surface area (Å²) in [5.41, 5.74) is 3.70. The number of benzene rings is 2. The zero-order valence-corrected chi connectivity index (χ0v) is 19.3. The van der Waals surface area contributed by atoms with Crippen molar-refractivity contribution < 1.29 is 14.0 Å². The molecule has 0 radical (unpaired) electrons. The molecule has 0 atom stereocenters. The van der Waals surface area contributed by atoms with E-state index < -0.39 is 11.8 Å². The Hall–Kier alpha value is -3.03. The van der Waals surface area contributed by atoms with Crippen LogP contribution in [0.4, 0.5) is 5.69 Å². The van der Waals surface area contributed by atoms with E-state index in [9.17, 15) is 9.59 Å². The van der Waals surface area contributed by atoms with Gasteiger partial charge in [-0.2, -0.15) is 0 Å². The van der Waals surface area contributed by atoms with E-state index in [1.165, 1.54) is 11.0 Å². The molecule has 31 heavy (non-hydrogen) atoms. The highest BCUT2D eigenvalue weighted by atomic mass is 79.9. The molecule has 3 aromatic rings. The third-order valence-corrected chi connectivity index (χ3v) is 5.95. The molecule has 2 heterocycles. The third-order valence-electron chi connectivity index (χ3n) is 5.01. The second-order valence-corrected chi connectivity index (χ2v) is 8.40. The molecule has 1 N–H and O–H groups in total. The van der Waals surface area contributed by atoms with Crippen molar-refractivity contribution in [3.63, 3.8) is 0 Å². The lowest BCUT2D eigenvalue weighted by Gasteiger charge is -2.28. The smallest absolute Gasteiger partial charge is 0.270 e. The number of carbonyl (C=O) groups is 2. The molecule has 2 aromatic carbocycles. The van der Waals surface area contributed by atoms with Gasteiger partial charge in [0, 0.05) is 10.0 Å². The van der Waals surface area contributed by atoms with Crippen LogP contribution in [0.5, 0.6) is 0 Å². The van der Waals surface area contributed by atoms with E-state index in [0.29, 0.717) is 17.2 Å². The number of halogens is 1. The molecule has 1 aliphatic rings. The normalized spacial score (nSPS) is 15.5. The van der Waals surface area contributed by atoms with Gasteiger partial charge in [-0.25, -0.2) is 0 Å². The van der Waals surface area contributed by atoms with Crippen LogP contribution in [0.15, 0.2) is 69.1 Å². The second-order valence-electron chi connectivity index (χ2n) is 7.16. The Morgan fingerprint density at radius 2 is 1.84 bits per heavy atom. The highest BCUT2D eigenvalue weighted by Crippen LogP contribution is 2.31. The topological polar surface area (TPSA) is 62.6 Å². The van der Waals surface area contributed by atoms with Gasteiger partial charge in [0.15, 0.2) is 5.11 Å². The van der Waals surface area contributed by atoms with Crippen LogP contribution in [0, 0.1) is 6.92 Å². The maximum atomic E-state index is 13.1. The number of nitrogens with zero attached hydrogens (tertiary/aromatic N) is 1. The molecule has 1 aromatic heterocycles. The predicted octanol–water partition coefficient (Wildman–Crippen LogP) is 5.41. The van der Waals surface area contributed by atoms with E-state index in [-0.39, 0.29) is 10.7 Å². The van der Waals surface area contributed by atoms with Crippen molar-refractivity contribution in [3.8, 4) is 11.3 Å². The minimum absolute atomic E-state index is 0.0444. The zero-order chi connectivity index (χ0) is 22.1. The quantitative estimate of drug-likeness (QED) is 0.299. The minimum Gasteiger partial charge on any atom is -0.457 e. The van der Waals surface area contributed by atoms with Crippen LogP contribution >= 0.6 is 28.1 Å². The molecule has 4 rings (SSSR count). The average molecular weight is 495 g/mol.